The molecule has 0 saturated heterocycles. The Kier molecular flexibility index (Phi) is 5.11. The molecule has 1 N–H and O–H groups in total. The molecule has 120 valence electrons. The van der Waals surface area contributed by atoms with Gasteiger partial charge in [-0.25, -0.2) is 0 Å². The van der Waals surface area contributed by atoms with E-state index < -0.39 is 4.92 Å². The van der Waals surface area contributed by atoms with Crippen molar-refractivity contribution in [1.29, 1.82) is 0 Å². The van der Waals surface area contributed by atoms with E-state index in [-0.39, 0.29) is 11.6 Å². The lowest BCUT2D eigenvalue weighted by Crippen LogP contribution is -2.15. The van der Waals surface area contributed by atoms with Crippen LogP contribution in [0.1, 0.15) is 47.7 Å². The molecule has 1 atom stereocenters. The summed E-state index contributed by atoms with van der Waals surface area (Å²) in [5, 5.41) is 13.9. The highest BCUT2D eigenvalue weighted by atomic mass is 16.6. The molecular formula is C18H20N2O3. The van der Waals surface area contributed by atoms with Gasteiger partial charge in [0.15, 0.2) is 0 Å². The number of amides is 1. The first-order valence-electron chi connectivity index (χ1n) is 7.60. The molecule has 0 heterocycles. The minimum Gasteiger partial charge on any atom is -0.322 e. The Bertz CT molecular complexity index is 741. The number of rotatable bonds is 5. The maximum absolute atomic E-state index is 12.5. The second kappa shape index (κ2) is 7.05. The first-order chi connectivity index (χ1) is 11.0. The molecule has 0 aliphatic rings. The van der Waals surface area contributed by atoms with Crippen LogP contribution in [0.15, 0.2) is 42.5 Å². The number of anilines is 1. The predicted molar refractivity (Wildman–Crippen MR) is 90.9 cm³/mol. The van der Waals surface area contributed by atoms with Crippen molar-refractivity contribution in [2.75, 3.05) is 5.32 Å². The first-order valence-corrected chi connectivity index (χ1v) is 7.60. The quantitative estimate of drug-likeness (QED) is 0.644. The molecule has 2 rings (SSSR count). The molecule has 5 heteroatoms. The van der Waals surface area contributed by atoms with Crippen molar-refractivity contribution in [2.24, 2.45) is 0 Å². The van der Waals surface area contributed by atoms with Crippen LogP contribution in [0.4, 0.5) is 11.4 Å². The number of nitro groups is 1. The molecule has 0 aliphatic carbocycles. The minimum atomic E-state index is -0.473. The summed E-state index contributed by atoms with van der Waals surface area (Å²) in [5.41, 5.74) is 2.45. The summed E-state index contributed by atoms with van der Waals surface area (Å²) < 4.78 is 0. The van der Waals surface area contributed by atoms with E-state index in [0.29, 0.717) is 17.0 Å². The summed E-state index contributed by atoms with van der Waals surface area (Å²) in [5.74, 6) is -0.0142. The Morgan fingerprint density at radius 3 is 2.57 bits per heavy atom. The van der Waals surface area contributed by atoms with Gasteiger partial charge in [0.1, 0.15) is 0 Å². The molecule has 23 heavy (non-hydrogen) atoms. The zero-order valence-electron chi connectivity index (χ0n) is 13.5. The van der Waals surface area contributed by atoms with Gasteiger partial charge in [-0.1, -0.05) is 38.1 Å². The van der Waals surface area contributed by atoms with E-state index in [1.54, 1.807) is 13.0 Å². The molecule has 0 unspecified atom stereocenters. The van der Waals surface area contributed by atoms with Gasteiger partial charge in [-0.05, 0) is 37.0 Å². The number of hydrogen-bond donors (Lipinski definition) is 1. The Balaban J connectivity index is 2.34. The van der Waals surface area contributed by atoms with E-state index in [1.165, 1.54) is 12.1 Å². The maximum Gasteiger partial charge on any atom is 0.273 e. The van der Waals surface area contributed by atoms with E-state index in [2.05, 4.69) is 19.2 Å². The lowest BCUT2D eigenvalue weighted by atomic mass is 9.96. The standard InChI is InChI=1S/C18H20N2O3/c1-4-12(2)14-8-5-6-10-16(14)19-18(21)15-9-7-11-17(13(15)3)20(22)23/h5-12H,4H2,1-3H3,(H,19,21)/t12-/m0/s1. The first kappa shape index (κ1) is 16.7. The smallest absolute Gasteiger partial charge is 0.273 e. The van der Waals surface area contributed by atoms with Crippen LogP contribution in [0.3, 0.4) is 0 Å². The van der Waals surface area contributed by atoms with E-state index in [0.717, 1.165) is 17.7 Å². The number of para-hydroxylation sites is 1. The second-order valence-electron chi connectivity index (χ2n) is 5.56. The minimum absolute atomic E-state index is 0.0483. The van der Waals surface area contributed by atoms with Gasteiger partial charge < -0.3 is 5.32 Å². The van der Waals surface area contributed by atoms with Crippen molar-refractivity contribution in [2.45, 2.75) is 33.1 Å². The molecule has 0 aromatic heterocycles. The lowest BCUT2D eigenvalue weighted by Gasteiger charge is -2.16. The Labute approximate surface area is 135 Å². The third kappa shape index (κ3) is 3.56. The van der Waals surface area contributed by atoms with E-state index >= 15 is 0 Å². The zero-order valence-corrected chi connectivity index (χ0v) is 13.5. The average molecular weight is 312 g/mol. The summed E-state index contributed by atoms with van der Waals surface area (Å²) in [6.07, 6.45) is 0.961. The van der Waals surface area contributed by atoms with E-state index in [4.69, 9.17) is 0 Å². The van der Waals surface area contributed by atoms with Crippen LogP contribution >= 0.6 is 0 Å². The molecule has 2 aromatic carbocycles. The third-order valence-electron chi connectivity index (χ3n) is 4.10. The topological polar surface area (TPSA) is 72.2 Å². The molecule has 5 nitrogen and oxygen atoms in total. The number of carbonyl (C=O) groups excluding carboxylic acids is 1. The van der Waals surface area contributed by atoms with E-state index in [1.807, 2.05) is 24.3 Å². The highest BCUT2D eigenvalue weighted by Gasteiger charge is 2.19. The summed E-state index contributed by atoms with van der Waals surface area (Å²) >= 11 is 0. The van der Waals surface area contributed by atoms with E-state index in [9.17, 15) is 14.9 Å². The average Bonchev–Trinajstić information content (AvgIpc) is 2.54. The van der Waals surface area contributed by atoms with Crippen molar-refractivity contribution in [3.8, 4) is 0 Å². The Morgan fingerprint density at radius 1 is 1.22 bits per heavy atom. The van der Waals surface area contributed by atoms with Gasteiger partial charge in [-0.3, -0.25) is 14.9 Å². The van der Waals surface area contributed by atoms with Crippen LogP contribution < -0.4 is 5.32 Å². The zero-order chi connectivity index (χ0) is 17.0. The Hall–Kier alpha value is -2.69. The summed E-state index contributed by atoms with van der Waals surface area (Å²) in [6, 6.07) is 12.2. The van der Waals surface area contributed by atoms with Crippen molar-refractivity contribution >= 4 is 17.3 Å². The third-order valence-corrected chi connectivity index (χ3v) is 4.10. The molecular weight excluding hydrogens is 292 g/mol. The van der Waals surface area contributed by atoms with Crippen LogP contribution in [0.25, 0.3) is 0 Å². The largest absolute Gasteiger partial charge is 0.322 e. The maximum atomic E-state index is 12.5. The van der Waals surface area contributed by atoms with Gasteiger partial charge in [0.05, 0.1) is 4.92 Å². The molecule has 0 radical (unpaired) electrons. The molecule has 0 aliphatic heterocycles. The van der Waals surface area contributed by atoms with Gasteiger partial charge in [-0.2, -0.15) is 0 Å². The summed E-state index contributed by atoms with van der Waals surface area (Å²) in [7, 11) is 0. The highest BCUT2D eigenvalue weighted by Crippen LogP contribution is 2.28. The SMILES string of the molecule is CC[C@H](C)c1ccccc1NC(=O)c1cccc([N+](=O)[O-])c1C. The Morgan fingerprint density at radius 2 is 1.91 bits per heavy atom. The van der Waals surface area contributed by atoms with Gasteiger partial charge >= 0.3 is 0 Å². The fourth-order valence-electron chi connectivity index (χ4n) is 2.52. The van der Waals surface area contributed by atoms with Crippen molar-refractivity contribution < 1.29 is 9.72 Å². The summed E-state index contributed by atoms with van der Waals surface area (Å²) in [4.78, 5) is 23.1. The van der Waals surface area contributed by atoms with Crippen LogP contribution in [-0.4, -0.2) is 10.8 Å². The number of nitrogens with one attached hydrogen (secondary N) is 1. The molecule has 0 bridgehead atoms. The fourth-order valence-corrected chi connectivity index (χ4v) is 2.52. The number of carbonyl (C=O) groups is 1. The molecule has 0 fully saturated rings. The second-order valence-corrected chi connectivity index (χ2v) is 5.56. The number of hydrogen-bond acceptors (Lipinski definition) is 3. The van der Waals surface area contributed by atoms with Crippen LogP contribution in [0, 0.1) is 17.0 Å². The van der Waals surface area contributed by atoms with Gasteiger partial charge in [-0.15, -0.1) is 0 Å². The van der Waals surface area contributed by atoms with Crippen molar-refractivity contribution in [3.63, 3.8) is 0 Å². The molecule has 0 saturated carbocycles. The normalized spacial score (nSPS) is 11.8. The molecule has 2 aromatic rings. The molecule has 1 amide bonds. The van der Waals surface area contributed by atoms with Crippen LogP contribution in [-0.2, 0) is 0 Å². The fraction of sp³-hybridized carbons (Fsp3) is 0.278. The van der Waals surface area contributed by atoms with Gasteiger partial charge in [0, 0.05) is 22.9 Å². The van der Waals surface area contributed by atoms with Crippen LogP contribution in [0.5, 0.6) is 0 Å². The lowest BCUT2D eigenvalue weighted by molar-refractivity contribution is -0.385. The van der Waals surface area contributed by atoms with Gasteiger partial charge in [0.2, 0.25) is 0 Å². The van der Waals surface area contributed by atoms with Crippen molar-refractivity contribution in [3.05, 3.63) is 69.3 Å². The predicted octanol–water partition coefficient (Wildman–Crippen LogP) is 4.67. The highest BCUT2D eigenvalue weighted by molar-refractivity contribution is 6.06. The number of nitrogens with zero attached hydrogens (tertiary/aromatic N) is 1. The monoisotopic (exact) mass is 312 g/mol. The molecule has 0 spiro atoms. The summed E-state index contributed by atoms with van der Waals surface area (Å²) in [6.45, 7) is 5.78. The van der Waals surface area contributed by atoms with Gasteiger partial charge in [0.25, 0.3) is 11.6 Å². The number of benzene rings is 2. The van der Waals surface area contributed by atoms with Crippen molar-refractivity contribution in [1.82, 2.24) is 0 Å². The van der Waals surface area contributed by atoms with Crippen LogP contribution in [0.2, 0.25) is 0 Å². The number of nitro benzene ring substituents is 1.